The molecule has 0 saturated carbocycles. The summed E-state index contributed by atoms with van der Waals surface area (Å²) in [4.78, 5) is 16.7. The molecule has 0 atom stereocenters. The number of rotatable bonds is 0. The molecular formula is C15H12N2O2. The molecule has 2 aromatic carbocycles. The van der Waals surface area contributed by atoms with Crippen molar-refractivity contribution in [1.29, 1.82) is 10.8 Å². The highest BCUT2D eigenvalue weighted by atomic mass is 16.1. The van der Waals surface area contributed by atoms with Gasteiger partial charge in [0.1, 0.15) is 0 Å². The fourth-order valence-corrected chi connectivity index (χ4v) is 2.12. The third kappa shape index (κ3) is 2.90. The molecule has 0 amide bonds. The number of benzene rings is 2. The van der Waals surface area contributed by atoms with Gasteiger partial charge in [-0.05, 0) is 34.7 Å². The monoisotopic (exact) mass is 252 g/mol. The molecule has 0 heterocycles. The second-order valence-corrected chi connectivity index (χ2v) is 3.75. The zero-order chi connectivity index (χ0) is 14.3. The van der Waals surface area contributed by atoms with Gasteiger partial charge >= 0.3 is 0 Å². The highest BCUT2D eigenvalue weighted by molar-refractivity contribution is 6.03. The van der Waals surface area contributed by atoms with E-state index in [9.17, 15) is 0 Å². The Morgan fingerprint density at radius 1 is 0.789 bits per heavy atom. The molecule has 19 heavy (non-hydrogen) atoms. The number of fused-ring (bicyclic) bond motifs is 4. The first-order valence-corrected chi connectivity index (χ1v) is 5.48. The van der Waals surface area contributed by atoms with Crippen LogP contribution in [-0.2, 0) is 9.59 Å². The minimum atomic E-state index is 0.750. The molecule has 2 N–H and O–H groups in total. The van der Waals surface area contributed by atoms with Crippen LogP contribution in [0, 0.1) is 17.7 Å². The summed E-state index contributed by atoms with van der Waals surface area (Å²) >= 11 is 0. The van der Waals surface area contributed by atoms with E-state index in [1.807, 2.05) is 0 Å². The average molecular weight is 252 g/mol. The summed E-state index contributed by atoms with van der Waals surface area (Å²) in [5.41, 5.74) is 7.06. The first-order valence-electron chi connectivity index (χ1n) is 5.48. The number of isocyanates is 2. The predicted octanol–water partition coefficient (Wildman–Crippen LogP) is 3.44. The van der Waals surface area contributed by atoms with E-state index >= 15 is 0 Å². The van der Waals surface area contributed by atoms with Crippen LogP contribution in [0.25, 0.3) is 22.3 Å². The second kappa shape index (κ2) is 6.82. The zero-order valence-electron chi connectivity index (χ0n) is 10.4. The molecule has 0 saturated heterocycles. The Balaban J connectivity index is 0.000000261. The molecule has 0 aliphatic heterocycles. The maximum absolute atomic E-state index is 8.35. The summed E-state index contributed by atoms with van der Waals surface area (Å²) < 4.78 is 0. The van der Waals surface area contributed by atoms with Crippen LogP contribution in [0.15, 0.2) is 42.5 Å². The molecule has 2 aromatic rings. The van der Waals surface area contributed by atoms with Gasteiger partial charge in [-0.3, -0.25) is 0 Å². The van der Waals surface area contributed by atoms with Gasteiger partial charge in [-0.25, -0.2) is 20.4 Å². The van der Waals surface area contributed by atoms with Crippen LogP contribution < -0.4 is 0 Å². The lowest BCUT2D eigenvalue weighted by atomic mass is 9.78. The molecule has 0 bridgehead atoms. The average Bonchev–Trinajstić information content (AvgIpc) is 2.37. The second-order valence-electron chi connectivity index (χ2n) is 3.75. The van der Waals surface area contributed by atoms with E-state index in [-0.39, 0.29) is 0 Å². The Morgan fingerprint density at radius 3 is 1.84 bits per heavy atom. The molecule has 94 valence electrons. The maximum atomic E-state index is 8.35. The van der Waals surface area contributed by atoms with E-state index in [1.54, 1.807) is 0 Å². The van der Waals surface area contributed by atoms with E-state index in [0.717, 1.165) is 12.2 Å². The maximum Gasteiger partial charge on any atom is 0.231 e. The highest BCUT2D eigenvalue weighted by Gasteiger charge is 2.22. The van der Waals surface area contributed by atoms with Gasteiger partial charge in [0.05, 0.1) is 0 Å². The largest absolute Gasteiger partial charge is 0.231 e. The van der Waals surface area contributed by atoms with Crippen molar-refractivity contribution in [2.75, 3.05) is 0 Å². The first-order chi connectivity index (χ1) is 9.21. The number of aryl methyl sites for hydroxylation is 1. The van der Waals surface area contributed by atoms with Crippen molar-refractivity contribution < 1.29 is 9.59 Å². The highest BCUT2D eigenvalue weighted by Crippen LogP contribution is 2.48. The molecule has 0 fully saturated rings. The summed E-state index contributed by atoms with van der Waals surface area (Å²) in [7, 11) is 0. The van der Waals surface area contributed by atoms with E-state index in [2.05, 4.69) is 49.4 Å². The van der Waals surface area contributed by atoms with Crippen LogP contribution in [0.4, 0.5) is 0 Å². The van der Waals surface area contributed by atoms with Gasteiger partial charge < -0.3 is 0 Å². The van der Waals surface area contributed by atoms with Gasteiger partial charge in [0.15, 0.2) is 0 Å². The van der Waals surface area contributed by atoms with E-state index in [0.29, 0.717) is 0 Å². The third-order valence-corrected chi connectivity index (χ3v) is 2.76. The SMILES string of the molecule is Cc1cccc2c1-c1ccccc1-2.N=C=O.N=C=O. The summed E-state index contributed by atoms with van der Waals surface area (Å²) in [5.74, 6) is 0. The van der Waals surface area contributed by atoms with Gasteiger partial charge in [0.25, 0.3) is 0 Å². The minimum Gasteiger partial charge on any atom is -0.222 e. The van der Waals surface area contributed by atoms with Crippen LogP contribution in [0.1, 0.15) is 5.56 Å². The van der Waals surface area contributed by atoms with Gasteiger partial charge in [-0.15, -0.1) is 0 Å². The van der Waals surface area contributed by atoms with Crippen LogP contribution >= 0.6 is 0 Å². The van der Waals surface area contributed by atoms with E-state index < -0.39 is 0 Å². The lowest BCUT2D eigenvalue weighted by Crippen LogP contribution is -1.99. The molecular weight excluding hydrogens is 240 g/mol. The van der Waals surface area contributed by atoms with Crippen LogP contribution in [0.2, 0.25) is 0 Å². The molecule has 3 rings (SSSR count). The predicted molar refractivity (Wildman–Crippen MR) is 72.4 cm³/mol. The van der Waals surface area contributed by atoms with Crippen molar-refractivity contribution in [3.63, 3.8) is 0 Å². The topological polar surface area (TPSA) is 81.8 Å². The lowest BCUT2D eigenvalue weighted by molar-refractivity contribution is 0.562. The number of carbonyl (C=O) groups excluding carboxylic acids is 2. The minimum absolute atomic E-state index is 0.750. The van der Waals surface area contributed by atoms with Crippen molar-refractivity contribution in [3.05, 3.63) is 48.0 Å². The Labute approximate surface area is 110 Å². The molecule has 0 spiro atoms. The van der Waals surface area contributed by atoms with Gasteiger partial charge in [0, 0.05) is 0 Å². The van der Waals surface area contributed by atoms with Crippen LogP contribution in [-0.4, -0.2) is 12.2 Å². The van der Waals surface area contributed by atoms with Crippen molar-refractivity contribution in [2.45, 2.75) is 6.92 Å². The van der Waals surface area contributed by atoms with Crippen molar-refractivity contribution in [2.24, 2.45) is 0 Å². The third-order valence-electron chi connectivity index (χ3n) is 2.76. The summed E-state index contributed by atoms with van der Waals surface area (Å²) in [6, 6.07) is 15.1. The van der Waals surface area contributed by atoms with Gasteiger partial charge in [-0.1, -0.05) is 42.5 Å². The van der Waals surface area contributed by atoms with Crippen LogP contribution in [0.3, 0.4) is 0 Å². The van der Waals surface area contributed by atoms with E-state index in [4.69, 9.17) is 20.4 Å². The van der Waals surface area contributed by atoms with Crippen LogP contribution in [0.5, 0.6) is 0 Å². The first kappa shape index (κ1) is 14.3. The fourth-order valence-electron chi connectivity index (χ4n) is 2.12. The van der Waals surface area contributed by atoms with Crippen molar-refractivity contribution in [3.8, 4) is 22.3 Å². The quantitative estimate of drug-likeness (QED) is 0.474. The molecule has 0 unspecified atom stereocenters. The molecule has 1 aliphatic carbocycles. The van der Waals surface area contributed by atoms with Gasteiger partial charge in [-0.2, -0.15) is 0 Å². The van der Waals surface area contributed by atoms with Crippen molar-refractivity contribution >= 4 is 12.2 Å². The van der Waals surface area contributed by atoms with E-state index in [1.165, 1.54) is 27.8 Å². The standard InChI is InChI=1S/C13H10.2CHNO/c1-9-5-4-8-12-10-6-2-3-7-11(10)13(9)12;2*2-1-3/h2-8H,1H3;2*2H. The molecule has 0 radical (unpaired) electrons. The lowest BCUT2D eigenvalue weighted by Gasteiger charge is -2.25. The van der Waals surface area contributed by atoms with Gasteiger partial charge in [0.2, 0.25) is 12.2 Å². The number of nitrogens with one attached hydrogen (secondary N) is 2. The number of hydrogen-bond acceptors (Lipinski definition) is 4. The summed E-state index contributed by atoms with van der Waals surface area (Å²) in [6.45, 7) is 2.18. The Bertz CT molecular complexity index is 639. The summed E-state index contributed by atoms with van der Waals surface area (Å²) in [6.07, 6.45) is 1.50. The molecule has 1 aliphatic rings. The molecule has 4 nitrogen and oxygen atoms in total. The Hall–Kier alpha value is -2.80. The Kier molecular flexibility index (Phi) is 5.12. The van der Waals surface area contributed by atoms with Crippen molar-refractivity contribution in [1.82, 2.24) is 0 Å². The molecule has 0 aromatic heterocycles. The fraction of sp³-hybridized carbons (Fsp3) is 0.0667. The zero-order valence-corrected chi connectivity index (χ0v) is 10.4. The smallest absolute Gasteiger partial charge is 0.222 e. The molecule has 4 heteroatoms. The number of hydrogen-bond donors (Lipinski definition) is 2. The Morgan fingerprint density at radius 2 is 1.26 bits per heavy atom. The normalized spacial score (nSPS) is 8.68. The summed E-state index contributed by atoms with van der Waals surface area (Å²) in [5, 5.41) is 10.8.